The van der Waals surface area contributed by atoms with Gasteiger partial charge in [-0.15, -0.1) is 0 Å². The first-order valence-electron chi connectivity index (χ1n) is 8.70. The lowest BCUT2D eigenvalue weighted by Crippen LogP contribution is -2.27. The van der Waals surface area contributed by atoms with Crippen LogP contribution in [0.2, 0.25) is 0 Å². The van der Waals surface area contributed by atoms with Gasteiger partial charge in [-0.25, -0.2) is 4.79 Å². The highest BCUT2D eigenvalue weighted by Crippen LogP contribution is 2.17. The highest BCUT2D eigenvalue weighted by Gasteiger charge is 2.17. The Morgan fingerprint density at radius 3 is 2.54 bits per heavy atom. The molecule has 0 bridgehead atoms. The number of hydrogen-bond acceptors (Lipinski definition) is 5. The van der Waals surface area contributed by atoms with E-state index in [1.54, 1.807) is 52.0 Å². The molecule has 7 nitrogen and oxygen atoms in total. The van der Waals surface area contributed by atoms with Gasteiger partial charge in [-0.3, -0.25) is 14.9 Å². The highest BCUT2D eigenvalue weighted by atomic mass is 16.6. The topological polar surface area (TPSA) is 97.6 Å². The van der Waals surface area contributed by atoms with E-state index in [0.717, 1.165) is 0 Å². The Hall–Kier alpha value is -3.35. The van der Waals surface area contributed by atoms with Crippen molar-refractivity contribution in [2.24, 2.45) is 7.05 Å². The fraction of sp³-hybridized carbons (Fsp3) is 0.286. The van der Waals surface area contributed by atoms with Crippen molar-refractivity contribution in [1.29, 1.82) is 0 Å². The number of carbonyl (C=O) groups excluding carboxylic acids is 2. The second-order valence-corrected chi connectivity index (χ2v) is 7.36. The van der Waals surface area contributed by atoms with Crippen LogP contribution in [0.15, 0.2) is 41.2 Å². The number of nitrogens with one attached hydrogen (secondary N) is 1. The van der Waals surface area contributed by atoms with Crippen molar-refractivity contribution in [2.75, 3.05) is 5.32 Å². The summed E-state index contributed by atoms with van der Waals surface area (Å²) in [5.74, 6) is -0.959. The zero-order valence-corrected chi connectivity index (χ0v) is 16.6. The van der Waals surface area contributed by atoms with E-state index in [2.05, 4.69) is 5.32 Å². The van der Waals surface area contributed by atoms with E-state index in [1.165, 1.54) is 29.8 Å². The van der Waals surface area contributed by atoms with Crippen molar-refractivity contribution in [3.63, 3.8) is 0 Å². The number of allylic oxidation sites excluding steroid dienone is 1. The van der Waals surface area contributed by atoms with Gasteiger partial charge in [0.25, 0.3) is 5.56 Å². The molecule has 0 aliphatic heterocycles. The number of nitrogens with zero attached hydrogens (tertiary/aromatic N) is 1. The molecule has 0 aliphatic rings. The van der Waals surface area contributed by atoms with Crippen molar-refractivity contribution in [3.05, 3.63) is 63.6 Å². The number of hydrogen-bond donors (Lipinski definition) is 2. The zero-order valence-electron chi connectivity index (χ0n) is 16.6. The maximum Gasteiger partial charge on any atom is 0.412 e. The summed E-state index contributed by atoms with van der Waals surface area (Å²) >= 11 is 0. The van der Waals surface area contributed by atoms with Gasteiger partial charge >= 0.3 is 6.09 Å². The lowest BCUT2D eigenvalue weighted by molar-refractivity contribution is 0.0635. The number of rotatable bonds is 4. The van der Waals surface area contributed by atoms with E-state index >= 15 is 0 Å². The molecule has 2 N–H and O–H groups in total. The summed E-state index contributed by atoms with van der Waals surface area (Å²) in [5, 5.41) is 12.6. The molecule has 0 atom stereocenters. The minimum absolute atomic E-state index is 0.285. The molecular weight excluding hydrogens is 360 g/mol. The quantitative estimate of drug-likeness (QED) is 0.619. The van der Waals surface area contributed by atoms with E-state index < -0.39 is 23.0 Å². The van der Waals surface area contributed by atoms with Crippen LogP contribution in [-0.4, -0.2) is 27.2 Å². The Morgan fingerprint density at radius 1 is 1.21 bits per heavy atom. The Bertz CT molecular complexity index is 997. The number of aromatic nitrogens is 1. The van der Waals surface area contributed by atoms with E-state index in [0.29, 0.717) is 16.9 Å². The molecule has 1 aromatic carbocycles. The first kappa shape index (κ1) is 21.0. The second kappa shape index (κ2) is 8.12. The van der Waals surface area contributed by atoms with Crippen molar-refractivity contribution in [1.82, 2.24) is 4.57 Å². The third kappa shape index (κ3) is 5.33. The summed E-state index contributed by atoms with van der Waals surface area (Å²) in [6.45, 7) is 6.96. The minimum atomic E-state index is -0.615. The molecule has 7 heteroatoms. The van der Waals surface area contributed by atoms with Crippen LogP contribution in [0.25, 0.3) is 6.08 Å². The summed E-state index contributed by atoms with van der Waals surface area (Å²) < 4.78 is 6.50. The Morgan fingerprint density at radius 2 is 1.89 bits per heavy atom. The van der Waals surface area contributed by atoms with Gasteiger partial charge in [0.15, 0.2) is 5.78 Å². The molecule has 1 aromatic heterocycles. The van der Waals surface area contributed by atoms with Crippen molar-refractivity contribution in [3.8, 4) is 5.75 Å². The molecule has 1 amide bonds. The molecule has 148 valence electrons. The Kier molecular flexibility index (Phi) is 6.08. The minimum Gasteiger partial charge on any atom is -0.507 e. The summed E-state index contributed by atoms with van der Waals surface area (Å²) in [4.78, 5) is 36.5. The molecule has 28 heavy (non-hydrogen) atoms. The third-order valence-electron chi connectivity index (χ3n) is 3.85. The van der Waals surface area contributed by atoms with Gasteiger partial charge in [0, 0.05) is 24.5 Å². The maximum absolute atomic E-state index is 12.4. The van der Waals surface area contributed by atoms with Crippen LogP contribution in [-0.2, 0) is 11.8 Å². The van der Waals surface area contributed by atoms with Gasteiger partial charge in [-0.05, 0) is 51.5 Å². The number of benzene rings is 1. The number of anilines is 1. The molecule has 0 saturated heterocycles. The average molecular weight is 384 g/mol. The van der Waals surface area contributed by atoms with E-state index in [4.69, 9.17) is 4.74 Å². The predicted octanol–water partition coefficient (Wildman–Crippen LogP) is 3.64. The molecular formula is C21H24N2O5. The molecule has 2 rings (SSSR count). The van der Waals surface area contributed by atoms with Crippen LogP contribution < -0.4 is 10.9 Å². The van der Waals surface area contributed by atoms with Crippen LogP contribution in [0.1, 0.15) is 42.4 Å². The predicted molar refractivity (Wildman–Crippen MR) is 108 cm³/mol. The lowest BCUT2D eigenvalue weighted by atomic mass is 10.1. The number of carbonyl (C=O) groups is 2. The summed E-state index contributed by atoms with van der Waals surface area (Å²) in [5.41, 5.74) is 0.211. The average Bonchev–Trinajstić information content (AvgIpc) is 2.56. The number of ketones is 1. The van der Waals surface area contributed by atoms with E-state index in [9.17, 15) is 19.5 Å². The standard InChI is InChI=1S/C21H24N2O5/c1-13-11-17(25)18(19(26)23(13)5)16(24)10-9-14-7-6-8-15(12-14)22-20(27)28-21(2,3)4/h6-12,25H,1-5H3,(H,22,27). The molecule has 2 aromatic rings. The van der Waals surface area contributed by atoms with Gasteiger partial charge < -0.3 is 14.4 Å². The normalized spacial score (nSPS) is 11.5. The van der Waals surface area contributed by atoms with Crippen LogP contribution in [0.5, 0.6) is 5.75 Å². The Labute approximate surface area is 163 Å². The van der Waals surface area contributed by atoms with Gasteiger partial charge in [0.1, 0.15) is 16.9 Å². The van der Waals surface area contributed by atoms with Crippen LogP contribution in [0.3, 0.4) is 0 Å². The van der Waals surface area contributed by atoms with Gasteiger partial charge in [-0.2, -0.15) is 0 Å². The first-order chi connectivity index (χ1) is 13.0. The lowest BCUT2D eigenvalue weighted by Gasteiger charge is -2.19. The monoisotopic (exact) mass is 384 g/mol. The fourth-order valence-corrected chi connectivity index (χ4v) is 2.43. The molecule has 0 fully saturated rings. The SMILES string of the molecule is Cc1cc(O)c(C(=O)C=Cc2cccc(NC(=O)OC(C)(C)C)c2)c(=O)n1C. The number of amides is 1. The number of aromatic hydroxyl groups is 1. The second-order valence-electron chi connectivity index (χ2n) is 7.36. The maximum atomic E-state index is 12.4. The van der Waals surface area contributed by atoms with Crippen molar-refractivity contribution in [2.45, 2.75) is 33.3 Å². The summed E-state index contributed by atoms with van der Waals surface area (Å²) in [6, 6.07) is 8.15. The molecule has 0 spiro atoms. The van der Waals surface area contributed by atoms with Crippen LogP contribution in [0.4, 0.5) is 10.5 Å². The van der Waals surface area contributed by atoms with Crippen molar-refractivity contribution >= 4 is 23.6 Å². The number of ether oxygens (including phenoxy) is 1. The smallest absolute Gasteiger partial charge is 0.412 e. The molecule has 0 unspecified atom stereocenters. The van der Waals surface area contributed by atoms with Crippen molar-refractivity contribution < 1.29 is 19.4 Å². The Balaban J connectivity index is 2.19. The van der Waals surface area contributed by atoms with E-state index in [1.807, 2.05) is 0 Å². The van der Waals surface area contributed by atoms with Gasteiger partial charge in [0.05, 0.1) is 0 Å². The number of aryl methyl sites for hydroxylation is 1. The summed E-state index contributed by atoms with van der Waals surface area (Å²) in [6.07, 6.45) is 2.12. The molecule has 0 saturated carbocycles. The van der Waals surface area contributed by atoms with Gasteiger partial charge in [-0.1, -0.05) is 18.2 Å². The molecule has 1 heterocycles. The third-order valence-corrected chi connectivity index (χ3v) is 3.85. The highest BCUT2D eigenvalue weighted by molar-refractivity contribution is 6.08. The summed E-state index contributed by atoms with van der Waals surface area (Å²) in [7, 11) is 1.53. The zero-order chi connectivity index (χ0) is 21.1. The van der Waals surface area contributed by atoms with Crippen LogP contribution in [0, 0.1) is 6.92 Å². The molecule has 0 aliphatic carbocycles. The van der Waals surface area contributed by atoms with E-state index in [-0.39, 0.29) is 11.3 Å². The molecule has 0 radical (unpaired) electrons. The largest absolute Gasteiger partial charge is 0.507 e. The first-order valence-corrected chi connectivity index (χ1v) is 8.70. The number of pyridine rings is 1. The van der Waals surface area contributed by atoms with Gasteiger partial charge in [0.2, 0.25) is 0 Å². The fourth-order valence-electron chi connectivity index (χ4n) is 2.43. The van der Waals surface area contributed by atoms with Crippen LogP contribution >= 0.6 is 0 Å².